The summed E-state index contributed by atoms with van der Waals surface area (Å²) in [5, 5.41) is 0.832. The van der Waals surface area contributed by atoms with Gasteiger partial charge < -0.3 is 15.5 Å². The van der Waals surface area contributed by atoms with Crippen molar-refractivity contribution in [2.24, 2.45) is 5.73 Å². The van der Waals surface area contributed by atoms with Crippen molar-refractivity contribution in [3.05, 3.63) is 28.8 Å². The molecule has 0 unspecified atom stereocenters. The molecule has 0 radical (unpaired) electrons. The predicted octanol–water partition coefficient (Wildman–Crippen LogP) is 2.62. The molecule has 0 aliphatic heterocycles. The molecule has 0 aliphatic carbocycles. The third-order valence-corrected chi connectivity index (χ3v) is 3.42. The van der Waals surface area contributed by atoms with Crippen LogP contribution in [0.25, 0.3) is 0 Å². The average Bonchev–Trinajstić information content (AvgIpc) is 2.36. The van der Waals surface area contributed by atoms with Gasteiger partial charge in [-0.1, -0.05) is 30.7 Å². The lowest BCUT2D eigenvalue weighted by atomic mass is 10.1. The number of hydrogen-bond acceptors (Lipinski definition) is 3. The van der Waals surface area contributed by atoms with Crippen molar-refractivity contribution in [2.45, 2.75) is 19.8 Å². The van der Waals surface area contributed by atoms with E-state index in [0.29, 0.717) is 6.54 Å². The molecule has 0 saturated heterocycles. The Labute approximate surface area is 122 Å². The summed E-state index contributed by atoms with van der Waals surface area (Å²) in [6, 6.07) is 6.11. The van der Waals surface area contributed by atoms with E-state index in [0.717, 1.165) is 37.5 Å². The minimum Gasteiger partial charge on any atom is -0.369 e. The van der Waals surface area contributed by atoms with Crippen molar-refractivity contribution < 1.29 is 0 Å². The number of halogens is 1. The first-order valence-electron chi connectivity index (χ1n) is 6.97. The molecule has 1 rings (SSSR count). The van der Waals surface area contributed by atoms with Crippen LogP contribution in [0.2, 0.25) is 5.02 Å². The minimum absolute atomic E-state index is 0.654. The highest BCUT2D eigenvalue weighted by molar-refractivity contribution is 6.33. The molecule has 4 heteroatoms. The normalized spacial score (nSPS) is 11.1. The summed E-state index contributed by atoms with van der Waals surface area (Å²) in [5.41, 5.74) is 8.12. The Morgan fingerprint density at radius 2 is 1.89 bits per heavy atom. The number of nitrogens with two attached hydrogens (primary N) is 1. The van der Waals surface area contributed by atoms with Gasteiger partial charge in [-0.25, -0.2) is 0 Å². The molecular weight excluding hydrogens is 258 g/mol. The van der Waals surface area contributed by atoms with Crippen molar-refractivity contribution in [2.75, 3.05) is 45.2 Å². The average molecular weight is 284 g/mol. The van der Waals surface area contributed by atoms with Crippen LogP contribution in [0.15, 0.2) is 18.2 Å². The van der Waals surface area contributed by atoms with Gasteiger partial charge >= 0.3 is 0 Å². The molecule has 19 heavy (non-hydrogen) atoms. The van der Waals surface area contributed by atoms with Crippen LogP contribution in [-0.2, 0) is 6.42 Å². The number of hydrogen-bond donors (Lipinski definition) is 1. The molecule has 0 spiro atoms. The van der Waals surface area contributed by atoms with Crippen LogP contribution in [0.1, 0.15) is 18.9 Å². The molecule has 108 valence electrons. The van der Waals surface area contributed by atoms with Gasteiger partial charge in [-0.15, -0.1) is 0 Å². The summed E-state index contributed by atoms with van der Waals surface area (Å²) in [6.07, 6.45) is 1.98. The van der Waals surface area contributed by atoms with Crippen molar-refractivity contribution in [3.8, 4) is 0 Å². The first kappa shape index (κ1) is 16.3. The van der Waals surface area contributed by atoms with E-state index < -0.39 is 0 Å². The number of nitrogens with zero attached hydrogens (tertiary/aromatic N) is 2. The molecule has 3 nitrogen and oxygen atoms in total. The van der Waals surface area contributed by atoms with Crippen LogP contribution in [0.5, 0.6) is 0 Å². The Morgan fingerprint density at radius 3 is 2.47 bits per heavy atom. The molecule has 0 atom stereocenters. The van der Waals surface area contributed by atoms with Crippen LogP contribution >= 0.6 is 11.6 Å². The van der Waals surface area contributed by atoms with E-state index in [2.05, 4.69) is 36.9 Å². The summed E-state index contributed by atoms with van der Waals surface area (Å²) < 4.78 is 0. The first-order chi connectivity index (χ1) is 9.10. The van der Waals surface area contributed by atoms with E-state index in [-0.39, 0.29) is 0 Å². The molecule has 1 aromatic rings. The molecule has 1 aromatic carbocycles. The van der Waals surface area contributed by atoms with E-state index >= 15 is 0 Å². The van der Waals surface area contributed by atoms with Gasteiger partial charge in [0.15, 0.2) is 0 Å². The van der Waals surface area contributed by atoms with Crippen molar-refractivity contribution >= 4 is 17.3 Å². The number of rotatable bonds is 8. The first-order valence-corrected chi connectivity index (χ1v) is 7.35. The summed E-state index contributed by atoms with van der Waals surface area (Å²) in [6.45, 7) is 5.88. The molecule has 0 heterocycles. The Bertz CT molecular complexity index is 380. The molecule has 0 amide bonds. The Morgan fingerprint density at radius 1 is 1.16 bits per heavy atom. The maximum absolute atomic E-state index is 6.41. The van der Waals surface area contributed by atoms with Crippen LogP contribution in [-0.4, -0.2) is 45.2 Å². The lowest BCUT2D eigenvalue weighted by Gasteiger charge is -2.29. The molecular formula is C15H26ClN3. The highest BCUT2D eigenvalue weighted by Gasteiger charge is 2.14. The maximum atomic E-state index is 6.41. The second-order valence-corrected chi connectivity index (χ2v) is 5.48. The van der Waals surface area contributed by atoms with Gasteiger partial charge in [0.05, 0.1) is 10.7 Å². The van der Waals surface area contributed by atoms with Gasteiger partial charge in [0, 0.05) is 19.6 Å². The van der Waals surface area contributed by atoms with Crippen LogP contribution in [0.4, 0.5) is 5.69 Å². The standard InChI is InChI=1S/C15H26ClN3/c1-4-10-19(12-11-18(2)3)15-13(8-9-17)6-5-7-14(15)16/h5-7H,4,8-12,17H2,1-3H3. The monoisotopic (exact) mass is 283 g/mol. The fourth-order valence-corrected chi connectivity index (χ4v) is 2.51. The zero-order valence-electron chi connectivity index (χ0n) is 12.3. The quantitative estimate of drug-likeness (QED) is 0.796. The summed E-state index contributed by atoms with van der Waals surface area (Å²) >= 11 is 6.41. The number of para-hydroxylation sites is 1. The zero-order chi connectivity index (χ0) is 14.3. The van der Waals surface area contributed by atoms with Crippen molar-refractivity contribution in [3.63, 3.8) is 0 Å². The van der Waals surface area contributed by atoms with Crippen molar-refractivity contribution in [1.29, 1.82) is 0 Å². The topological polar surface area (TPSA) is 32.5 Å². The molecule has 0 saturated carbocycles. The SMILES string of the molecule is CCCN(CCN(C)C)c1c(Cl)cccc1CCN. The van der Waals surface area contributed by atoms with Crippen LogP contribution in [0.3, 0.4) is 0 Å². The van der Waals surface area contributed by atoms with E-state index in [1.807, 2.05) is 12.1 Å². The van der Waals surface area contributed by atoms with Gasteiger partial charge in [-0.3, -0.25) is 0 Å². The maximum Gasteiger partial charge on any atom is 0.0642 e. The highest BCUT2D eigenvalue weighted by atomic mass is 35.5. The van der Waals surface area contributed by atoms with E-state index in [1.165, 1.54) is 11.3 Å². The van der Waals surface area contributed by atoms with Gasteiger partial charge in [-0.2, -0.15) is 0 Å². The lowest BCUT2D eigenvalue weighted by molar-refractivity contribution is 0.413. The van der Waals surface area contributed by atoms with Crippen LogP contribution in [0, 0.1) is 0 Å². The molecule has 2 N–H and O–H groups in total. The third-order valence-electron chi connectivity index (χ3n) is 3.11. The van der Waals surface area contributed by atoms with Gasteiger partial charge in [0.25, 0.3) is 0 Å². The highest BCUT2D eigenvalue weighted by Crippen LogP contribution is 2.30. The number of anilines is 1. The summed E-state index contributed by atoms with van der Waals surface area (Å²) in [5.74, 6) is 0. The fourth-order valence-electron chi connectivity index (χ4n) is 2.20. The second kappa shape index (κ2) is 8.41. The molecule has 0 aromatic heterocycles. The molecule has 0 aliphatic rings. The Kier molecular flexibility index (Phi) is 7.21. The van der Waals surface area contributed by atoms with E-state index in [9.17, 15) is 0 Å². The smallest absolute Gasteiger partial charge is 0.0642 e. The van der Waals surface area contributed by atoms with Gasteiger partial charge in [0.1, 0.15) is 0 Å². The van der Waals surface area contributed by atoms with E-state index in [4.69, 9.17) is 17.3 Å². The number of likely N-dealkylation sites (N-methyl/N-ethyl adjacent to an activating group) is 1. The third kappa shape index (κ3) is 5.01. The molecule has 0 fully saturated rings. The van der Waals surface area contributed by atoms with Crippen molar-refractivity contribution in [1.82, 2.24) is 4.90 Å². The summed E-state index contributed by atoms with van der Waals surface area (Å²) in [4.78, 5) is 4.58. The van der Waals surface area contributed by atoms with E-state index in [1.54, 1.807) is 0 Å². The number of benzene rings is 1. The second-order valence-electron chi connectivity index (χ2n) is 5.08. The lowest BCUT2D eigenvalue weighted by Crippen LogP contribution is -2.33. The predicted molar refractivity (Wildman–Crippen MR) is 85.3 cm³/mol. The largest absolute Gasteiger partial charge is 0.369 e. The Hall–Kier alpha value is -0.770. The minimum atomic E-state index is 0.654. The fraction of sp³-hybridized carbons (Fsp3) is 0.600. The van der Waals surface area contributed by atoms with Gasteiger partial charge in [0.2, 0.25) is 0 Å². The van der Waals surface area contributed by atoms with Gasteiger partial charge in [-0.05, 0) is 45.1 Å². The van der Waals surface area contributed by atoms with Crippen LogP contribution < -0.4 is 10.6 Å². The Balaban J connectivity index is 2.98. The zero-order valence-corrected chi connectivity index (χ0v) is 13.1. The molecule has 0 bridgehead atoms. The summed E-state index contributed by atoms with van der Waals surface area (Å²) in [7, 11) is 4.19.